The third-order valence-electron chi connectivity index (χ3n) is 3.59. The van der Waals surface area contributed by atoms with E-state index in [0.29, 0.717) is 6.61 Å². The Balaban J connectivity index is 2.04. The zero-order valence-corrected chi connectivity index (χ0v) is 12.0. The van der Waals surface area contributed by atoms with Gasteiger partial charge in [-0.05, 0) is 31.4 Å². The monoisotopic (exact) mass is 273 g/mol. The van der Waals surface area contributed by atoms with Crippen molar-refractivity contribution >= 4 is 5.97 Å². The lowest BCUT2D eigenvalue weighted by atomic mass is 10.1. The number of nitrogens with one attached hydrogen (secondary N) is 1. The molecule has 0 unspecified atom stereocenters. The van der Waals surface area contributed by atoms with Gasteiger partial charge < -0.3 is 10.1 Å². The molecule has 0 spiro atoms. The van der Waals surface area contributed by atoms with Crippen LogP contribution in [0.15, 0.2) is 42.5 Å². The van der Waals surface area contributed by atoms with E-state index in [1.54, 1.807) is 0 Å². The minimum absolute atomic E-state index is 0.0675. The summed E-state index contributed by atoms with van der Waals surface area (Å²) in [6.45, 7) is 3.25. The van der Waals surface area contributed by atoms with E-state index >= 15 is 0 Å². The summed E-state index contributed by atoms with van der Waals surface area (Å²) in [6.07, 6.45) is 7.16. The number of benzene rings is 1. The van der Waals surface area contributed by atoms with Crippen LogP contribution in [0, 0.1) is 5.92 Å². The molecule has 108 valence electrons. The molecule has 0 radical (unpaired) electrons. The first kappa shape index (κ1) is 14.8. The zero-order valence-electron chi connectivity index (χ0n) is 12.0. The van der Waals surface area contributed by atoms with Crippen LogP contribution in [0.1, 0.15) is 37.8 Å². The predicted octanol–water partition coefficient (Wildman–Crippen LogP) is 3.24. The van der Waals surface area contributed by atoms with E-state index < -0.39 is 0 Å². The average Bonchev–Trinajstić information content (AvgIpc) is 2.48. The van der Waals surface area contributed by atoms with Crippen molar-refractivity contribution in [1.82, 2.24) is 5.32 Å². The first-order valence-corrected chi connectivity index (χ1v) is 7.37. The number of allylic oxidation sites excluding steroid dienone is 2. The number of hydrogen-bond donors (Lipinski definition) is 1. The van der Waals surface area contributed by atoms with Crippen molar-refractivity contribution in [3.8, 4) is 0 Å². The van der Waals surface area contributed by atoms with Crippen molar-refractivity contribution in [2.75, 3.05) is 13.2 Å². The second kappa shape index (κ2) is 7.85. The van der Waals surface area contributed by atoms with Gasteiger partial charge in [0.05, 0.1) is 12.0 Å². The van der Waals surface area contributed by atoms with Gasteiger partial charge in [0.1, 0.15) is 6.61 Å². The highest BCUT2D eigenvalue weighted by Gasteiger charge is 2.17. The van der Waals surface area contributed by atoms with Gasteiger partial charge in [-0.3, -0.25) is 4.79 Å². The maximum atomic E-state index is 11.9. The van der Waals surface area contributed by atoms with Crippen LogP contribution in [0.25, 0.3) is 0 Å². The second-order valence-electron chi connectivity index (χ2n) is 5.30. The van der Waals surface area contributed by atoms with Crippen molar-refractivity contribution in [3.05, 3.63) is 48.0 Å². The van der Waals surface area contributed by atoms with Gasteiger partial charge in [0, 0.05) is 0 Å². The summed E-state index contributed by atoms with van der Waals surface area (Å²) in [4.78, 5) is 11.9. The highest BCUT2D eigenvalue weighted by Crippen LogP contribution is 2.15. The van der Waals surface area contributed by atoms with Crippen LogP contribution in [0.2, 0.25) is 0 Å². The van der Waals surface area contributed by atoms with Gasteiger partial charge in [0.15, 0.2) is 0 Å². The Morgan fingerprint density at radius 1 is 1.20 bits per heavy atom. The topological polar surface area (TPSA) is 38.3 Å². The Labute approximate surface area is 121 Å². The second-order valence-corrected chi connectivity index (χ2v) is 5.30. The van der Waals surface area contributed by atoms with Gasteiger partial charge in [-0.1, -0.05) is 49.4 Å². The molecule has 0 amide bonds. The van der Waals surface area contributed by atoms with Crippen LogP contribution in [0.4, 0.5) is 0 Å². The number of hydrogen-bond acceptors (Lipinski definition) is 3. The molecule has 1 aromatic carbocycles. The summed E-state index contributed by atoms with van der Waals surface area (Å²) < 4.78 is 5.46. The Morgan fingerprint density at radius 3 is 2.80 bits per heavy atom. The van der Waals surface area contributed by atoms with Gasteiger partial charge in [-0.15, -0.1) is 0 Å². The van der Waals surface area contributed by atoms with Gasteiger partial charge in [0.2, 0.25) is 0 Å². The van der Waals surface area contributed by atoms with E-state index in [-0.39, 0.29) is 17.9 Å². The molecule has 2 rings (SSSR count). The molecule has 0 fully saturated rings. The summed E-state index contributed by atoms with van der Waals surface area (Å²) in [5, 5.41) is 3.48. The Bertz CT molecular complexity index is 442. The maximum absolute atomic E-state index is 11.9. The molecular formula is C17H23NO2. The molecule has 1 N–H and O–H groups in total. The highest BCUT2D eigenvalue weighted by molar-refractivity contribution is 5.72. The normalized spacial score (nSPS) is 26.9. The van der Waals surface area contributed by atoms with Gasteiger partial charge in [-0.2, -0.15) is 0 Å². The standard InChI is InChI=1S/C17H23NO2/c1-14-9-5-2-3-8-12-18-16(13-20-17(14)19)15-10-6-4-7-11-15/h2,4-7,10-11,14,16,18H,3,8-9,12-13H2,1H3/b5-2+/t14-,16-/m0/s1. The first-order valence-electron chi connectivity index (χ1n) is 7.37. The number of rotatable bonds is 1. The molecule has 1 aliphatic heterocycles. The molecule has 20 heavy (non-hydrogen) atoms. The summed E-state index contributed by atoms with van der Waals surface area (Å²) in [5.41, 5.74) is 1.17. The predicted molar refractivity (Wildman–Crippen MR) is 80.3 cm³/mol. The highest BCUT2D eigenvalue weighted by atomic mass is 16.5. The molecule has 2 atom stereocenters. The fraction of sp³-hybridized carbons (Fsp3) is 0.471. The first-order chi connectivity index (χ1) is 9.77. The summed E-state index contributed by atoms with van der Waals surface area (Å²) >= 11 is 0. The van der Waals surface area contributed by atoms with Crippen LogP contribution in [-0.2, 0) is 9.53 Å². The number of carbonyl (C=O) groups excluding carboxylic acids is 1. The molecule has 0 bridgehead atoms. The molecular weight excluding hydrogens is 250 g/mol. The maximum Gasteiger partial charge on any atom is 0.309 e. The van der Waals surface area contributed by atoms with E-state index in [0.717, 1.165) is 25.8 Å². The smallest absolute Gasteiger partial charge is 0.309 e. The quantitative estimate of drug-likeness (QED) is 0.630. The largest absolute Gasteiger partial charge is 0.463 e. The molecule has 0 aromatic heterocycles. The minimum Gasteiger partial charge on any atom is -0.463 e. The number of cyclic esters (lactones) is 1. The van der Waals surface area contributed by atoms with Crippen LogP contribution < -0.4 is 5.32 Å². The van der Waals surface area contributed by atoms with Crippen LogP contribution in [0.3, 0.4) is 0 Å². The number of carbonyl (C=O) groups is 1. The zero-order chi connectivity index (χ0) is 14.2. The molecule has 0 saturated heterocycles. The summed E-state index contributed by atoms with van der Waals surface area (Å²) in [5.74, 6) is -0.181. The van der Waals surface area contributed by atoms with Gasteiger partial charge in [-0.25, -0.2) is 0 Å². The molecule has 0 saturated carbocycles. The SMILES string of the molecule is C[C@H]1C/C=C/CCCN[C@H](c2ccccc2)COC1=O. The van der Waals surface area contributed by atoms with Crippen molar-refractivity contribution < 1.29 is 9.53 Å². The fourth-order valence-corrected chi connectivity index (χ4v) is 2.28. The minimum atomic E-state index is -0.113. The molecule has 0 aliphatic carbocycles. The van der Waals surface area contributed by atoms with Gasteiger partial charge >= 0.3 is 5.97 Å². The lowest BCUT2D eigenvalue weighted by molar-refractivity contribution is -0.148. The third-order valence-corrected chi connectivity index (χ3v) is 3.59. The molecule has 3 nitrogen and oxygen atoms in total. The molecule has 3 heteroatoms. The lowest BCUT2D eigenvalue weighted by Gasteiger charge is -2.20. The Morgan fingerprint density at radius 2 is 2.00 bits per heavy atom. The van der Waals surface area contributed by atoms with Gasteiger partial charge in [0.25, 0.3) is 0 Å². The van der Waals surface area contributed by atoms with Crippen molar-refractivity contribution in [2.45, 2.75) is 32.2 Å². The van der Waals surface area contributed by atoms with E-state index in [2.05, 4.69) is 29.6 Å². The van der Waals surface area contributed by atoms with Crippen LogP contribution in [0.5, 0.6) is 0 Å². The van der Waals surface area contributed by atoms with E-state index in [1.165, 1.54) is 5.56 Å². The Kier molecular flexibility index (Phi) is 5.81. The van der Waals surface area contributed by atoms with E-state index in [4.69, 9.17) is 4.74 Å². The molecule has 1 aromatic rings. The lowest BCUT2D eigenvalue weighted by Crippen LogP contribution is -2.29. The average molecular weight is 273 g/mol. The third kappa shape index (κ3) is 4.49. The van der Waals surface area contributed by atoms with Crippen LogP contribution in [-0.4, -0.2) is 19.1 Å². The number of esters is 1. The van der Waals surface area contributed by atoms with Crippen molar-refractivity contribution in [2.24, 2.45) is 5.92 Å². The van der Waals surface area contributed by atoms with E-state index in [1.807, 2.05) is 25.1 Å². The summed E-state index contributed by atoms with van der Waals surface area (Å²) in [7, 11) is 0. The molecule has 1 heterocycles. The van der Waals surface area contributed by atoms with E-state index in [9.17, 15) is 4.79 Å². The van der Waals surface area contributed by atoms with Crippen molar-refractivity contribution in [3.63, 3.8) is 0 Å². The van der Waals surface area contributed by atoms with Crippen LogP contribution >= 0.6 is 0 Å². The Hall–Kier alpha value is -1.61. The van der Waals surface area contributed by atoms with Crippen molar-refractivity contribution in [1.29, 1.82) is 0 Å². The number of ether oxygens (including phenoxy) is 1. The summed E-state index contributed by atoms with van der Waals surface area (Å²) in [6, 6.07) is 10.2. The fourth-order valence-electron chi connectivity index (χ4n) is 2.28. The molecule has 1 aliphatic rings.